The van der Waals surface area contributed by atoms with Gasteiger partial charge in [0.15, 0.2) is 0 Å². The number of amides is 4. The topological polar surface area (TPSA) is 186 Å². The number of fused-ring (bicyclic) bond motifs is 6. The SMILES string of the molecule is COC(=O)NC(C(=O)N1C2CCC(C2)[C@H]1c1nc2ccc(-c3ccc4c(c3)C(F)(F)c3cc(-c5c[nH]c(C6CC7(CC7)CN6C(=O)C(NC(=O)O)C(C)C)n5)ccc3-4)cc2[nH]1)C(C)C. The maximum absolute atomic E-state index is 16.6. The molecule has 5 aliphatic rings. The first-order chi connectivity index (χ1) is 30.6. The third kappa shape index (κ3) is 6.87. The van der Waals surface area contributed by atoms with Crippen LogP contribution < -0.4 is 10.6 Å². The Balaban J connectivity index is 0.900. The molecule has 64 heavy (non-hydrogen) atoms. The van der Waals surface area contributed by atoms with E-state index in [-0.39, 0.29) is 58.2 Å². The van der Waals surface area contributed by atoms with Gasteiger partial charge in [-0.2, -0.15) is 8.78 Å². The number of ether oxygens (including phenoxy) is 1. The van der Waals surface area contributed by atoms with Crippen molar-refractivity contribution in [3.05, 3.63) is 83.6 Å². The summed E-state index contributed by atoms with van der Waals surface area (Å²) in [6.45, 7) is 7.90. The minimum Gasteiger partial charge on any atom is -0.465 e. The number of aromatic nitrogens is 4. The highest BCUT2D eigenvalue weighted by molar-refractivity contribution is 5.89. The summed E-state index contributed by atoms with van der Waals surface area (Å²) >= 11 is 0. The van der Waals surface area contributed by atoms with E-state index in [1.165, 1.54) is 13.2 Å². The Hall–Kier alpha value is -6.32. The van der Waals surface area contributed by atoms with Gasteiger partial charge in [0.05, 0.1) is 35.9 Å². The molecule has 2 saturated heterocycles. The Morgan fingerprint density at radius 1 is 0.844 bits per heavy atom. The second-order valence-corrected chi connectivity index (χ2v) is 19.3. The third-order valence-electron chi connectivity index (χ3n) is 14.5. The minimum absolute atomic E-state index is 0.0196. The van der Waals surface area contributed by atoms with Crippen LogP contribution in [0.3, 0.4) is 0 Å². The van der Waals surface area contributed by atoms with Gasteiger partial charge < -0.3 is 40.2 Å². The van der Waals surface area contributed by atoms with Crippen LogP contribution in [-0.2, 0) is 20.2 Å². The molecular formula is C48H52F2N8O6. The number of alkyl carbamates (subject to hydrolysis) is 1. The molecule has 14 nitrogen and oxygen atoms in total. The average Bonchev–Trinajstić information content (AvgIpc) is 3.93. The first kappa shape index (κ1) is 41.7. The molecule has 334 valence electrons. The van der Waals surface area contributed by atoms with E-state index in [0.29, 0.717) is 58.1 Å². The molecule has 4 fully saturated rings. The predicted molar refractivity (Wildman–Crippen MR) is 233 cm³/mol. The van der Waals surface area contributed by atoms with Crippen molar-refractivity contribution in [3.63, 3.8) is 0 Å². The van der Waals surface area contributed by atoms with E-state index in [1.54, 1.807) is 49.2 Å². The average molecular weight is 875 g/mol. The molecule has 5 N–H and O–H groups in total. The van der Waals surface area contributed by atoms with Gasteiger partial charge in [0.25, 0.3) is 5.92 Å². The van der Waals surface area contributed by atoms with Gasteiger partial charge in [0.2, 0.25) is 11.8 Å². The van der Waals surface area contributed by atoms with E-state index in [0.717, 1.165) is 43.2 Å². The van der Waals surface area contributed by atoms with Gasteiger partial charge >= 0.3 is 12.2 Å². The maximum Gasteiger partial charge on any atom is 0.407 e. The molecule has 6 atom stereocenters. The number of nitrogens with one attached hydrogen (secondary N) is 4. The van der Waals surface area contributed by atoms with E-state index in [4.69, 9.17) is 14.7 Å². The number of methoxy groups -OCH3 is 1. The van der Waals surface area contributed by atoms with Crippen molar-refractivity contribution in [2.75, 3.05) is 13.7 Å². The van der Waals surface area contributed by atoms with Crippen LogP contribution in [-0.4, -0.2) is 90.6 Å². The number of hydrogen-bond donors (Lipinski definition) is 5. The van der Waals surface area contributed by atoms with Crippen molar-refractivity contribution in [1.82, 2.24) is 40.4 Å². The lowest BCUT2D eigenvalue weighted by molar-refractivity contribution is -0.139. The lowest BCUT2D eigenvalue weighted by atomic mass is 9.95. The van der Waals surface area contributed by atoms with Crippen LogP contribution in [0.4, 0.5) is 18.4 Å². The molecule has 2 aromatic heterocycles. The zero-order chi connectivity index (χ0) is 45.0. The zero-order valence-corrected chi connectivity index (χ0v) is 36.4. The van der Waals surface area contributed by atoms with Gasteiger partial charge in [0.1, 0.15) is 23.7 Å². The van der Waals surface area contributed by atoms with Crippen LogP contribution in [0.25, 0.3) is 44.5 Å². The molecule has 16 heteroatoms. The number of halogens is 2. The second kappa shape index (κ2) is 15.2. The number of aromatic amines is 2. The number of rotatable bonds is 10. The molecule has 0 radical (unpaired) electrons. The minimum atomic E-state index is -3.30. The number of nitrogens with zero attached hydrogens (tertiary/aromatic N) is 4. The summed E-state index contributed by atoms with van der Waals surface area (Å²) in [7, 11) is 1.28. The van der Waals surface area contributed by atoms with Crippen molar-refractivity contribution < 1.29 is 37.8 Å². The molecule has 10 rings (SSSR count). The van der Waals surface area contributed by atoms with Crippen LogP contribution in [0.1, 0.15) is 101 Å². The summed E-state index contributed by atoms with van der Waals surface area (Å²) in [4.78, 5) is 71.7. The summed E-state index contributed by atoms with van der Waals surface area (Å²) in [5.41, 5.74) is 4.43. The van der Waals surface area contributed by atoms with E-state index >= 15 is 8.78 Å². The monoisotopic (exact) mass is 874 g/mol. The molecule has 1 spiro atoms. The zero-order valence-electron chi connectivity index (χ0n) is 36.4. The van der Waals surface area contributed by atoms with Crippen molar-refractivity contribution in [1.29, 1.82) is 0 Å². The first-order valence-electron chi connectivity index (χ1n) is 22.3. The normalized spacial score (nSPS) is 23.1. The predicted octanol–water partition coefficient (Wildman–Crippen LogP) is 8.52. The van der Waals surface area contributed by atoms with E-state index < -0.39 is 36.2 Å². The summed E-state index contributed by atoms with van der Waals surface area (Å²) in [5, 5.41) is 14.6. The standard InChI is InChI=1S/C48H52F2N8O6/c1-23(2)38(55-45(61)62)43(59)57-22-47(14-15-47)20-37(57)41-51-21-36(54-41)27-8-12-31-30-11-7-25(17-32(30)48(49,50)33(31)18-27)26-9-13-34-35(19-26)53-42(52-34)40-28-6-10-29(16-28)58(40)44(60)39(24(3)4)56-46(63)64-5/h7-9,11-13,17-19,21,23-24,28-29,37-40,55H,6,10,14-16,20,22H2,1-5H3,(H,51,54)(H,52,53)(H,56,63)(H,61,62)/t28?,29?,37?,38?,39?,40-/m0/s1. The van der Waals surface area contributed by atoms with Gasteiger partial charge in [-0.3, -0.25) is 9.59 Å². The molecule has 4 amide bonds. The lowest BCUT2D eigenvalue weighted by Crippen LogP contribution is -2.54. The molecule has 3 aliphatic carbocycles. The highest BCUT2D eigenvalue weighted by atomic mass is 19.3. The number of carbonyl (C=O) groups is 4. The van der Waals surface area contributed by atoms with E-state index in [9.17, 15) is 24.3 Å². The summed E-state index contributed by atoms with van der Waals surface area (Å²) in [6.07, 6.45) is 5.11. The van der Waals surface area contributed by atoms with Crippen molar-refractivity contribution >= 4 is 35.0 Å². The van der Waals surface area contributed by atoms with Gasteiger partial charge in [-0.1, -0.05) is 58.0 Å². The quantitative estimate of drug-likeness (QED) is 0.0924. The largest absolute Gasteiger partial charge is 0.465 e. The van der Waals surface area contributed by atoms with Gasteiger partial charge in [-0.25, -0.2) is 19.6 Å². The van der Waals surface area contributed by atoms with Crippen molar-refractivity contribution in [2.45, 2.75) is 102 Å². The second-order valence-electron chi connectivity index (χ2n) is 19.3. The summed E-state index contributed by atoms with van der Waals surface area (Å²) in [5.74, 6) is -2.77. The number of benzene rings is 3. The van der Waals surface area contributed by atoms with Gasteiger partial charge in [0, 0.05) is 35.5 Å². The molecule has 5 unspecified atom stereocenters. The molecule has 2 saturated carbocycles. The van der Waals surface area contributed by atoms with E-state index in [1.807, 2.05) is 43.0 Å². The van der Waals surface area contributed by atoms with Gasteiger partial charge in [-0.05, 0) is 108 Å². The Labute approximate surface area is 368 Å². The number of carboxylic acid groups (broad SMARTS) is 1. The van der Waals surface area contributed by atoms with Crippen LogP contribution in [0.15, 0.2) is 60.8 Å². The highest BCUT2D eigenvalue weighted by Crippen LogP contribution is 2.59. The Bertz CT molecular complexity index is 2720. The highest BCUT2D eigenvalue weighted by Gasteiger charge is 2.56. The molecule has 3 aromatic carbocycles. The number of H-pyrrole nitrogens is 2. The number of imidazole rings is 2. The fourth-order valence-electron chi connectivity index (χ4n) is 11.0. The molecule has 2 bridgehead atoms. The smallest absolute Gasteiger partial charge is 0.407 e. The fraction of sp³-hybridized carbons (Fsp3) is 0.458. The lowest BCUT2D eigenvalue weighted by Gasteiger charge is -2.37. The van der Waals surface area contributed by atoms with Gasteiger partial charge in [-0.15, -0.1) is 0 Å². The van der Waals surface area contributed by atoms with Crippen LogP contribution >= 0.6 is 0 Å². The third-order valence-corrected chi connectivity index (χ3v) is 14.5. The van der Waals surface area contributed by atoms with Crippen LogP contribution in [0.2, 0.25) is 0 Å². The Kier molecular flexibility index (Phi) is 9.87. The number of hydrogen-bond acceptors (Lipinski definition) is 7. The van der Waals surface area contributed by atoms with Crippen LogP contribution in [0.5, 0.6) is 0 Å². The van der Waals surface area contributed by atoms with E-state index in [2.05, 4.69) is 20.6 Å². The van der Waals surface area contributed by atoms with Crippen molar-refractivity contribution in [2.24, 2.45) is 23.2 Å². The molecule has 5 aromatic rings. The van der Waals surface area contributed by atoms with Crippen LogP contribution in [0, 0.1) is 23.2 Å². The first-order valence-corrected chi connectivity index (χ1v) is 22.3. The fourth-order valence-corrected chi connectivity index (χ4v) is 11.0. The molecule has 4 heterocycles. The molecule has 2 aliphatic heterocycles. The summed E-state index contributed by atoms with van der Waals surface area (Å²) < 4.78 is 38.1. The van der Waals surface area contributed by atoms with Crippen molar-refractivity contribution in [3.8, 4) is 33.5 Å². The number of alkyl halides is 2. The number of carbonyl (C=O) groups excluding carboxylic acids is 3. The molecular weight excluding hydrogens is 823 g/mol. The summed E-state index contributed by atoms with van der Waals surface area (Å²) in [6, 6.07) is 13.5. The maximum atomic E-state index is 16.6. The Morgan fingerprint density at radius 2 is 1.50 bits per heavy atom. The number of likely N-dealkylation sites (tertiary alicyclic amines) is 2. The number of piperidine rings is 1. The Morgan fingerprint density at radius 3 is 2.17 bits per heavy atom.